The summed E-state index contributed by atoms with van der Waals surface area (Å²) in [6.45, 7) is 6.86. The molecule has 0 bridgehead atoms. The van der Waals surface area contributed by atoms with Crippen molar-refractivity contribution in [3.05, 3.63) is 29.3 Å². The second-order valence-electron chi connectivity index (χ2n) is 3.78. The third-order valence-corrected chi connectivity index (χ3v) is 3.77. The minimum absolute atomic E-state index is 0.637. The Kier molecular flexibility index (Phi) is 4.64. The van der Waals surface area contributed by atoms with Gasteiger partial charge in [0.25, 0.3) is 0 Å². The number of hydrogen-bond donors (Lipinski definition) is 0. The van der Waals surface area contributed by atoms with Crippen LogP contribution < -0.4 is 4.43 Å². The van der Waals surface area contributed by atoms with Crippen molar-refractivity contribution in [3.63, 3.8) is 0 Å². The fourth-order valence-corrected chi connectivity index (χ4v) is 2.87. The quantitative estimate of drug-likeness (QED) is 0.733. The van der Waals surface area contributed by atoms with Gasteiger partial charge in [0, 0.05) is 6.61 Å². The van der Waals surface area contributed by atoms with Crippen LogP contribution in [0.5, 0.6) is 5.75 Å². The van der Waals surface area contributed by atoms with Crippen molar-refractivity contribution in [2.75, 3.05) is 6.61 Å². The molecule has 0 heterocycles. The molecular weight excluding hydrogens is 228 g/mol. The Balaban J connectivity index is 2.64. The highest BCUT2D eigenvalue weighted by molar-refractivity contribution is 6.65. The fraction of sp³-hybridized carbons (Fsp3) is 0.455. The zero-order valence-electron chi connectivity index (χ0n) is 9.42. The summed E-state index contributed by atoms with van der Waals surface area (Å²) in [6.07, 6.45) is 1.00. The van der Waals surface area contributed by atoms with Crippen molar-refractivity contribution < 1.29 is 8.85 Å². The van der Waals surface area contributed by atoms with Gasteiger partial charge in [-0.3, -0.25) is 0 Å². The molecule has 15 heavy (non-hydrogen) atoms. The van der Waals surface area contributed by atoms with Gasteiger partial charge in [-0.1, -0.05) is 30.7 Å². The molecule has 0 N–H and O–H groups in total. The first-order valence-corrected chi connectivity index (χ1v) is 8.32. The van der Waals surface area contributed by atoms with Crippen LogP contribution in [0.15, 0.2) is 24.3 Å². The van der Waals surface area contributed by atoms with Gasteiger partial charge in [-0.25, -0.2) is 0 Å². The minimum atomic E-state index is -2.08. The van der Waals surface area contributed by atoms with Crippen LogP contribution in [-0.2, 0) is 4.43 Å². The Labute approximate surface area is 97.4 Å². The molecule has 0 aliphatic carbocycles. The molecule has 0 saturated heterocycles. The van der Waals surface area contributed by atoms with Gasteiger partial charge < -0.3 is 8.85 Å². The first kappa shape index (κ1) is 12.6. The van der Waals surface area contributed by atoms with Gasteiger partial charge in [0.1, 0.15) is 5.75 Å². The molecule has 0 aliphatic rings. The van der Waals surface area contributed by atoms with E-state index in [-0.39, 0.29) is 0 Å². The molecule has 0 unspecified atom stereocenters. The van der Waals surface area contributed by atoms with Gasteiger partial charge in [-0.05, 0) is 31.6 Å². The predicted molar refractivity (Wildman–Crippen MR) is 65.8 cm³/mol. The van der Waals surface area contributed by atoms with Crippen LogP contribution in [0.2, 0.25) is 18.1 Å². The molecule has 0 spiro atoms. The Morgan fingerprint density at radius 1 is 1.27 bits per heavy atom. The zero-order valence-corrected chi connectivity index (χ0v) is 11.2. The van der Waals surface area contributed by atoms with E-state index in [2.05, 4.69) is 6.92 Å². The van der Waals surface area contributed by atoms with Gasteiger partial charge in [-0.15, -0.1) is 0 Å². The highest BCUT2D eigenvalue weighted by Crippen LogP contribution is 2.26. The highest BCUT2D eigenvalue weighted by atomic mass is 35.5. The Morgan fingerprint density at radius 2 is 1.93 bits per heavy atom. The molecule has 1 aromatic rings. The lowest BCUT2D eigenvalue weighted by atomic mass is 10.3. The van der Waals surface area contributed by atoms with Crippen molar-refractivity contribution in [3.8, 4) is 5.75 Å². The molecule has 1 rings (SSSR count). The van der Waals surface area contributed by atoms with E-state index in [0.717, 1.165) is 13.0 Å². The summed E-state index contributed by atoms with van der Waals surface area (Å²) < 4.78 is 11.5. The average molecular weight is 245 g/mol. The van der Waals surface area contributed by atoms with E-state index in [1.807, 2.05) is 37.4 Å². The molecule has 0 amide bonds. The number of halogens is 1. The SMILES string of the molecule is CCCO[Si](C)(C)Oc1ccccc1Cl. The molecule has 2 nitrogen and oxygen atoms in total. The second-order valence-corrected chi connectivity index (χ2v) is 7.48. The van der Waals surface area contributed by atoms with Gasteiger partial charge in [-0.2, -0.15) is 0 Å². The topological polar surface area (TPSA) is 18.5 Å². The van der Waals surface area contributed by atoms with Crippen LogP contribution in [0.1, 0.15) is 13.3 Å². The van der Waals surface area contributed by atoms with E-state index in [0.29, 0.717) is 10.8 Å². The summed E-state index contributed by atoms with van der Waals surface area (Å²) in [6, 6.07) is 7.48. The Morgan fingerprint density at radius 3 is 2.53 bits per heavy atom. The molecular formula is C11H17ClO2Si. The van der Waals surface area contributed by atoms with Crippen LogP contribution in [0.4, 0.5) is 0 Å². The lowest BCUT2D eigenvalue weighted by Gasteiger charge is -2.24. The first-order chi connectivity index (χ1) is 7.05. The molecule has 1 aromatic carbocycles. The monoisotopic (exact) mass is 244 g/mol. The highest BCUT2D eigenvalue weighted by Gasteiger charge is 2.27. The summed E-state index contributed by atoms with van der Waals surface area (Å²) in [5.74, 6) is 0.715. The van der Waals surface area contributed by atoms with E-state index in [4.69, 9.17) is 20.5 Å². The van der Waals surface area contributed by atoms with E-state index in [9.17, 15) is 0 Å². The molecule has 84 valence electrons. The van der Waals surface area contributed by atoms with Crippen LogP contribution in [0.3, 0.4) is 0 Å². The maximum atomic E-state index is 6.01. The first-order valence-electron chi connectivity index (χ1n) is 5.12. The molecule has 0 saturated carbocycles. The molecule has 0 aliphatic heterocycles. The number of hydrogen-bond acceptors (Lipinski definition) is 2. The summed E-state index contributed by atoms with van der Waals surface area (Å²) in [5.41, 5.74) is 0. The number of benzene rings is 1. The van der Waals surface area contributed by atoms with Gasteiger partial charge >= 0.3 is 8.56 Å². The lowest BCUT2D eigenvalue weighted by molar-refractivity contribution is 0.248. The number of para-hydroxylation sites is 1. The molecule has 0 radical (unpaired) electrons. The van der Waals surface area contributed by atoms with E-state index < -0.39 is 8.56 Å². The molecule has 0 atom stereocenters. The Hall–Kier alpha value is -0.513. The minimum Gasteiger partial charge on any atom is -0.519 e. The second kappa shape index (κ2) is 5.54. The van der Waals surface area contributed by atoms with Crippen molar-refractivity contribution in [1.29, 1.82) is 0 Å². The van der Waals surface area contributed by atoms with E-state index in [1.54, 1.807) is 0 Å². The van der Waals surface area contributed by atoms with Crippen LogP contribution in [0, 0.1) is 0 Å². The zero-order chi connectivity index (χ0) is 11.3. The summed E-state index contributed by atoms with van der Waals surface area (Å²) in [4.78, 5) is 0. The van der Waals surface area contributed by atoms with Crippen LogP contribution in [-0.4, -0.2) is 15.2 Å². The maximum Gasteiger partial charge on any atom is 0.392 e. The number of rotatable bonds is 5. The third kappa shape index (κ3) is 4.24. The van der Waals surface area contributed by atoms with Gasteiger partial charge in [0.2, 0.25) is 0 Å². The smallest absolute Gasteiger partial charge is 0.392 e. The van der Waals surface area contributed by atoms with Crippen molar-refractivity contribution >= 4 is 20.2 Å². The van der Waals surface area contributed by atoms with E-state index in [1.165, 1.54) is 0 Å². The van der Waals surface area contributed by atoms with Crippen LogP contribution >= 0.6 is 11.6 Å². The summed E-state index contributed by atoms with van der Waals surface area (Å²) >= 11 is 6.01. The third-order valence-electron chi connectivity index (χ3n) is 1.85. The summed E-state index contributed by atoms with van der Waals surface area (Å²) in [7, 11) is -2.08. The largest absolute Gasteiger partial charge is 0.519 e. The molecule has 0 fully saturated rings. The normalized spacial score (nSPS) is 11.5. The van der Waals surface area contributed by atoms with Crippen molar-refractivity contribution in [1.82, 2.24) is 0 Å². The predicted octanol–water partition coefficient (Wildman–Crippen LogP) is 3.85. The molecule has 4 heteroatoms. The van der Waals surface area contributed by atoms with Gasteiger partial charge in [0.05, 0.1) is 5.02 Å². The van der Waals surface area contributed by atoms with Crippen molar-refractivity contribution in [2.24, 2.45) is 0 Å². The van der Waals surface area contributed by atoms with E-state index >= 15 is 0 Å². The van der Waals surface area contributed by atoms with Gasteiger partial charge in [0.15, 0.2) is 0 Å². The summed E-state index contributed by atoms with van der Waals surface area (Å²) in [5, 5.41) is 0.637. The average Bonchev–Trinajstić information content (AvgIpc) is 2.18. The lowest BCUT2D eigenvalue weighted by Crippen LogP contribution is -2.38. The Bertz CT molecular complexity index is 315. The van der Waals surface area contributed by atoms with Crippen molar-refractivity contribution in [2.45, 2.75) is 26.4 Å². The maximum absolute atomic E-state index is 6.01. The fourth-order valence-electron chi connectivity index (χ4n) is 1.17. The standard InChI is InChI=1S/C11H17ClO2Si/c1-4-9-13-15(2,3)14-11-8-6-5-7-10(11)12/h5-8H,4,9H2,1-3H3. The molecule has 0 aromatic heterocycles. The van der Waals surface area contributed by atoms with Crippen LogP contribution in [0.25, 0.3) is 0 Å².